The van der Waals surface area contributed by atoms with E-state index in [1.807, 2.05) is 0 Å². The van der Waals surface area contributed by atoms with Gasteiger partial charge in [-0.3, -0.25) is 0 Å². The first kappa shape index (κ1) is 11.2. The number of hydrogen-bond acceptors (Lipinski definition) is 1. The first-order chi connectivity index (χ1) is 7.59. The maximum absolute atomic E-state index is 3.48. The van der Waals surface area contributed by atoms with Crippen LogP contribution in [0.1, 0.15) is 30.7 Å². The number of para-hydroxylation sites is 1. The Morgan fingerprint density at radius 3 is 2.69 bits per heavy atom. The summed E-state index contributed by atoms with van der Waals surface area (Å²) >= 11 is 0. The van der Waals surface area contributed by atoms with E-state index >= 15 is 0 Å². The zero-order valence-electron chi connectivity index (χ0n) is 10.5. The summed E-state index contributed by atoms with van der Waals surface area (Å²) in [6.45, 7) is 9.59. The van der Waals surface area contributed by atoms with Crippen molar-refractivity contribution in [2.75, 3.05) is 0 Å². The number of fused-ring (bicyclic) bond motifs is 1. The largest absolute Gasteiger partial charge is 0.358 e. The summed E-state index contributed by atoms with van der Waals surface area (Å²) in [6.07, 6.45) is 0. The number of H-pyrrole nitrogens is 1. The van der Waals surface area contributed by atoms with Crippen LogP contribution in [0.5, 0.6) is 0 Å². The minimum Gasteiger partial charge on any atom is -0.358 e. The Kier molecular flexibility index (Phi) is 3.01. The van der Waals surface area contributed by atoms with Crippen LogP contribution in [-0.4, -0.2) is 11.0 Å². The van der Waals surface area contributed by atoms with Crippen LogP contribution in [0.2, 0.25) is 0 Å². The van der Waals surface area contributed by atoms with Gasteiger partial charge in [0.05, 0.1) is 0 Å². The Hall–Kier alpha value is -1.28. The third-order valence-corrected chi connectivity index (χ3v) is 3.05. The number of rotatable bonds is 3. The minimum absolute atomic E-state index is 0.522. The van der Waals surface area contributed by atoms with Crippen LogP contribution in [0.4, 0.5) is 0 Å². The Morgan fingerprint density at radius 2 is 2.00 bits per heavy atom. The molecule has 0 unspecified atom stereocenters. The van der Waals surface area contributed by atoms with E-state index in [1.165, 1.54) is 27.7 Å². The fourth-order valence-corrected chi connectivity index (χ4v) is 2.08. The van der Waals surface area contributed by atoms with Gasteiger partial charge < -0.3 is 10.3 Å². The van der Waals surface area contributed by atoms with Crippen molar-refractivity contribution < 1.29 is 0 Å². The van der Waals surface area contributed by atoms with Crippen molar-refractivity contribution in [2.45, 2.75) is 40.3 Å². The third kappa shape index (κ3) is 1.98. The second-order valence-electron chi connectivity index (χ2n) is 4.76. The Bertz CT molecular complexity index is 495. The molecule has 2 heteroatoms. The molecular formula is C14H20N2. The zero-order chi connectivity index (χ0) is 11.7. The monoisotopic (exact) mass is 216 g/mol. The standard InChI is InChI=1S/C14H20N2/c1-9(2)15-8-13-11(4)16-14-10(3)6-5-7-12(13)14/h5-7,9,15-16H,8H2,1-4H3. The minimum atomic E-state index is 0.522. The van der Waals surface area contributed by atoms with Crippen molar-refractivity contribution in [2.24, 2.45) is 0 Å². The van der Waals surface area contributed by atoms with Gasteiger partial charge in [0.1, 0.15) is 0 Å². The molecule has 1 aromatic carbocycles. The van der Waals surface area contributed by atoms with Crippen LogP contribution in [0.15, 0.2) is 18.2 Å². The summed E-state index contributed by atoms with van der Waals surface area (Å²) < 4.78 is 0. The molecule has 0 radical (unpaired) electrons. The van der Waals surface area contributed by atoms with Gasteiger partial charge in [0.25, 0.3) is 0 Å². The van der Waals surface area contributed by atoms with Crippen LogP contribution >= 0.6 is 0 Å². The number of nitrogens with one attached hydrogen (secondary N) is 2. The summed E-state index contributed by atoms with van der Waals surface area (Å²) in [7, 11) is 0. The second-order valence-corrected chi connectivity index (χ2v) is 4.76. The lowest BCUT2D eigenvalue weighted by Crippen LogP contribution is -2.22. The van der Waals surface area contributed by atoms with Crippen molar-refractivity contribution in [1.82, 2.24) is 10.3 Å². The van der Waals surface area contributed by atoms with Gasteiger partial charge in [-0.15, -0.1) is 0 Å². The van der Waals surface area contributed by atoms with Crippen molar-refractivity contribution in [3.8, 4) is 0 Å². The summed E-state index contributed by atoms with van der Waals surface area (Å²) in [5.74, 6) is 0. The van der Waals surface area contributed by atoms with Crippen molar-refractivity contribution in [1.29, 1.82) is 0 Å². The highest BCUT2D eigenvalue weighted by Crippen LogP contribution is 2.24. The maximum atomic E-state index is 3.48. The molecule has 0 fully saturated rings. The van der Waals surface area contributed by atoms with Crippen molar-refractivity contribution in [3.05, 3.63) is 35.0 Å². The van der Waals surface area contributed by atoms with Gasteiger partial charge in [0, 0.05) is 29.2 Å². The van der Waals surface area contributed by atoms with E-state index in [4.69, 9.17) is 0 Å². The summed E-state index contributed by atoms with van der Waals surface area (Å²) in [4.78, 5) is 3.48. The Balaban J connectivity index is 2.44. The number of aromatic amines is 1. The predicted molar refractivity (Wildman–Crippen MR) is 69.7 cm³/mol. The molecule has 2 aromatic rings. The van der Waals surface area contributed by atoms with Gasteiger partial charge in [-0.05, 0) is 25.0 Å². The molecule has 0 bridgehead atoms. The fraction of sp³-hybridized carbons (Fsp3) is 0.429. The topological polar surface area (TPSA) is 27.8 Å². The first-order valence-corrected chi connectivity index (χ1v) is 5.89. The number of aryl methyl sites for hydroxylation is 2. The molecule has 2 nitrogen and oxygen atoms in total. The molecule has 0 aliphatic carbocycles. The number of hydrogen-bond donors (Lipinski definition) is 2. The molecule has 0 aliphatic rings. The van der Waals surface area contributed by atoms with Gasteiger partial charge in [-0.2, -0.15) is 0 Å². The van der Waals surface area contributed by atoms with Crippen LogP contribution in [-0.2, 0) is 6.54 Å². The van der Waals surface area contributed by atoms with Gasteiger partial charge >= 0.3 is 0 Å². The third-order valence-electron chi connectivity index (χ3n) is 3.05. The Morgan fingerprint density at radius 1 is 1.25 bits per heavy atom. The van der Waals surface area contributed by atoms with E-state index in [1.54, 1.807) is 0 Å². The van der Waals surface area contributed by atoms with E-state index in [9.17, 15) is 0 Å². The molecule has 0 aliphatic heterocycles. The molecule has 2 N–H and O–H groups in total. The van der Waals surface area contributed by atoms with Crippen LogP contribution < -0.4 is 5.32 Å². The maximum Gasteiger partial charge on any atom is 0.0489 e. The molecule has 0 saturated heterocycles. The van der Waals surface area contributed by atoms with Crippen molar-refractivity contribution in [3.63, 3.8) is 0 Å². The summed E-state index contributed by atoms with van der Waals surface area (Å²) in [5.41, 5.74) is 5.27. The molecule has 16 heavy (non-hydrogen) atoms. The molecule has 0 atom stereocenters. The molecule has 1 aromatic heterocycles. The molecule has 0 saturated carbocycles. The number of benzene rings is 1. The second kappa shape index (κ2) is 4.30. The lowest BCUT2D eigenvalue weighted by molar-refractivity contribution is 0.589. The van der Waals surface area contributed by atoms with E-state index in [-0.39, 0.29) is 0 Å². The average Bonchev–Trinajstić information content (AvgIpc) is 2.53. The van der Waals surface area contributed by atoms with Crippen LogP contribution in [0.25, 0.3) is 10.9 Å². The number of aromatic nitrogens is 1. The Labute approximate surface area is 97.1 Å². The van der Waals surface area contributed by atoms with Gasteiger partial charge in [-0.1, -0.05) is 32.0 Å². The SMILES string of the molecule is Cc1[nH]c2c(C)cccc2c1CNC(C)C. The summed E-state index contributed by atoms with van der Waals surface area (Å²) in [5, 5.41) is 4.83. The lowest BCUT2D eigenvalue weighted by Gasteiger charge is -2.08. The molecule has 86 valence electrons. The quantitative estimate of drug-likeness (QED) is 0.809. The molecule has 0 spiro atoms. The molecule has 2 rings (SSSR count). The van der Waals surface area contributed by atoms with Crippen molar-refractivity contribution >= 4 is 10.9 Å². The average molecular weight is 216 g/mol. The smallest absolute Gasteiger partial charge is 0.0489 e. The van der Waals surface area contributed by atoms with E-state index in [0.29, 0.717) is 6.04 Å². The highest BCUT2D eigenvalue weighted by atomic mass is 14.9. The lowest BCUT2D eigenvalue weighted by atomic mass is 10.1. The summed E-state index contributed by atoms with van der Waals surface area (Å²) in [6, 6.07) is 7.00. The van der Waals surface area contributed by atoms with Crippen LogP contribution in [0.3, 0.4) is 0 Å². The van der Waals surface area contributed by atoms with Gasteiger partial charge in [-0.25, -0.2) is 0 Å². The fourth-order valence-electron chi connectivity index (χ4n) is 2.08. The van der Waals surface area contributed by atoms with E-state index < -0.39 is 0 Å². The van der Waals surface area contributed by atoms with E-state index in [2.05, 4.69) is 56.2 Å². The van der Waals surface area contributed by atoms with Gasteiger partial charge in [0.15, 0.2) is 0 Å². The molecular weight excluding hydrogens is 196 g/mol. The predicted octanol–water partition coefficient (Wildman–Crippen LogP) is 3.28. The first-order valence-electron chi connectivity index (χ1n) is 5.89. The molecule has 1 heterocycles. The van der Waals surface area contributed by atoms with E-state index in [0.717, 1.165) is 6.54 Å². The van der Waals surface area contributed by atoms with Crippen LogP contribution in [0, 0.1) is 13.8 Å². The highest BCUT2D eigenvalue weighted by Gasteiger charge is 2.09. The molecule has 0 amide bonds. The normalized spacial score (nSPS) is 11.6. The highest BCUT2D eigenvalue weighted by molar-refractivity contribution is 5.87. The van der Waals surface area contributed by atoms with Gasteiger partial charge in [0.2, 0.25) is 0 Å². The zero-order valence-corrected chi connectivity index (χ0v) is 10.5.